The molecule has 0 saturated heterocycles. The monoisotopic (exact) mass is 392 g/mol. The molecule has 0 aromatic heterocycles. The van der Waals surface area contributed by atoms with E-state index in [1.807, 2.05) is 6.92 Å². The zero-order valence-corrected chi connectivity index (χ0v) is 15.6. The van der Waals surface area contributed by atoms with E-state index in [1.54, 1.807) is 42.5 Å². The van der Waals surface area contributed by atoms with Crippen molar-refractivity contribution >= 4 is 34.8 Å². The molecule has 0 bridgehead atoms. The van der Waals surface area contributed by atoms with Gasteiger partial charge >= 0.3 is 12.1 Å². The van der Waals surface area contributed by atoms with Crippen LogP contribution in [0.5, 0.6) is 11.5 Å². The molecule has 0 atom stereocenters. The Kier molecular flexibility index (Phi) is 5.84. The van der Waals surface area contributed by atoms with Crippen molar-refractivity contribution in [3.8, 4) is 11.5 Å². The second kappa shape index (κ2) is 8.66. The number of benzene rings is 3. The Morgan fingerprint density at radius 2 is 1.03 bits per heavy atom. The van der Waals surface area contributed by atoms with Crippen LogP contribution in [0.2, 0.25) is 0 Å². The summed E-state index contributed by atoms with van der Waals surface area (Å²) in [7, 11) is 0. The number of amides is 4. The number of nitrogens with one attached hydrogen (secondary N) is 4. The SMILES string of the molecule is Cc1ccc(NC(=O)Nc2ccc(O)cc2)cc1NC(=O)Nc1ccc(O)cc1. The van der Waals surface area contributed by atoms with Crippen molar-refractivity contribution in [2.45, 2.75) is 6.92 Å². The molecule has 4 amide bonds. The molecule has 0 aliphatic rings. The number of hydrogen-bond donors (Lipinski definition) is 6. The molecule has 0 aliphatic heterocycles. The van der Waals surface area contributed by atoms with Gasteiger partial charge in [0.2, 0.25) is 0 Å². The van der Waals surface area contributed by atoms with Gasteiger partial charge < -0.3 is 31.5 Å². The topological polar surface area (TPSA) is 123 Å². The molecule has 3 rings (SSSR count). The highest BCUT2D eigenvalue weighted by molar-refractivity contribution is 6.02. The third-order valence-electron chi connectivity index (χ3n) is 3.99. The van der Waals surface area contributed by atoms with Gasteiger partial charge in [-0.25, -0.2) is 9.59 Å². The molecule has 0 heterocycles. The number of phenols is 2. The summed E-state index contributed by atoms with van der Waals surface area (Å²) in [6.45, 7) is 1.83. The van der Waals surface area contributed by atoms with Gasteiger partial charge in [0.1, 0.15) is 11.5 Å². The average Bonchev–Trinajstić information content (AvgIpc) is 2.68. The van der Waals surface area contributed by atoms with Crippen molar-refractivity contribution in [1.82, 2.24) is 0 Å². The summed E-state index contributed by atoms with van der Waals surface area (Å²) in [5, 5.41) is 29.3. The van der Waals surface area contributed by atoms with Crippen molar-refractivity contribution < 1.29 is 19.8 Å². The highest BCUT2D eigenvalue weighted by Crippen LogP contribution is 2.22. The van der Waals surface area contributed by atoms with Crippen LogP contribution in [0.3, 0.4) is 0 Å². The predicted molar refractivity (Wildman–Crippen MR) is 113 cm³/mol. The summed E-state index contributed by atoms with van der Waals surface area (Å²) in [6, 6.07) is 16.4. The summed E-state index contributed by atoms with van der Waals surface area (Å²) < 4.78 is 0. The maximum absolute atomic E-state index is 12.2. The number of aromatic hydroxyl groups is 2. The van der Waals surface area contributed by atoms with Crippen molar-refractivity contribution in [2.24, 2.45) is 0 Å². The molecule has 0 aliphatic carbocycles. The second-order valence-corrected chi connectivity index (χ2v) is 6.28. The number of carbonyl (C=O) groups is 2. The third-order valence-corrected chi connectivity index (χ3v) is 3.99. The molecule has 0 unspecified atom stereocenters. The molecule has 0 saturated carbocycles. The molecule has 0 radical (unpaired) electrons. The van der Waals surface area contributed by atoms with Gasteiger partial charge in [-0.3, -0.25) is 0 Å². The van der Waals surface area contributed by atoms with E-state index in [9.17, 15) is 19.8 Å². The van der Waals surface area contributed by atoms with Crippen LogP contribution < -0.4 is 21.3 Å². The standard InChI is InChI=1S/C21H20N4O4/c1-13-2-3-16(24-20(28)22-14-4-8-17(26)9-5-14)12-19(13)25-21(29)23-15-6-10-18(27)11-7-15/h2-12,26-27H,1H3,(H2,22,24,28)(H2,23,25,29). The molecule has 3 aromatic rings. The smallest absolute Gasteiger partial charge is 0.323 e. The van der Waals surface area contributed by atoms with Gasteiger partial charge in [0, 0.05) is 22.7 Å². The van der Waals surface area contributed by atoms with E-state index in [4.69, 9.17) is 0 Å². The normalized spacial score (nSPS) is 10.1. The first kappa shape index (κ1) is 19.6. The van der Waals surface area contributed by atoms with E-state index in [1.165, 1.54) is 24.3 Å². The van der Waals surface area contributed by atoms with Gasteiger partial charge in [0.15, 0.2) is 0 Å². The predicted octanol–water partition coefficient (Wildman–Crippen LogP) is 4.69. The summed E-state index contributed by atoms with van der Waals surface area (Å²) in [6.07, 6.45) is 0. The molecule has 29 heavy (non-hydrogen) atoms. The third kappa shape index (κ3) is 5.64. The number of rotatable bonds is 4. The Morgan fingerprint density at radius 1 is 0.621 bits per heavy atom. The summed E-state index contributed by atoms with van der Waals surface area (Å²) in [5.74, 6) is 0.215. The fourth-order valence-corrected chi connectivity index (χ4v) is 2.50. The minimum absolute atomic E-state index is 0.107. The van der Waals surface area contributed by atoms with Gasteiger partial charge in [0.25, 0.3) is 0 Å². The molecule has 3 aromatic carbocycles. The van der Waals surface area contributed by atoms with Crippen LogP contribution in [0.4, 0.5) is 32.3 Å². The lowest BCUT2D eigenvalue weighted by molar-refractivity contribution is 0.261. The van der Waals surface area contributed by atoms with Crippen molar-refractivity contribution in [1.29, 1.82) is 0 Å². The molecule has 0 spiro atoms. The van der Waals surface area contributed by atoms with Crippen LogP contribution in [0.15, 0.2) is 66.7 Å². The number of carbonyl (C=O) groups excluding carboxylic acids is 2. The fourth-order valence-electron chi connectivity index (χ4n) is 2.50. The second-order valence-electron chi connectivity index (χ2n) is 6.28. The molecule has 148 valence electrons. The van der Waals surface area contributed by atoms with Crippen LogP contribution in [0.25, 0.3) is 0 Å². The van der Waals surface area contributed by atoms with Gasteiger partial charge in [-0.1, -0.05) is 6.07 Å². The lowest BCUT2D eigenvalue weighted by Crippen LogP contribution is -2.21. The first-order chi connectivity index (χ1) is 13.9. The lowest BCUT2D eigenvalue weighted by atomic mass is 10.2. The number of urea groups is 2. The van der Waals surface area contributed by atoms with Crippen molar-refractivity contribution in [2.75, 3.05) is 21.3 Å². The number of anilines is 4. The fraction of sp³-hybridized carbons (Fsp3) is 0.0476. The Morgan fingerprint density at radius 3 is 1.55 bits per heavy atom. The van der Waals surface area contributed by atoms with Gasteiger partial charge in [0.05, 0.1) is 0 Å². The molecule has 8 heteroatoms. The van der Waals surface area contributed by atoms with E-state index >= 15 is 0 Å². The number of hydrogen-bond acceptors (Lipinski definition) is 4. The molecule has 6 N–H and O–H groups in total. The molecular formula is C21H20N4O4. The average molecular weight is 392 g/mol. The van der Waals surface area contributed by atoms with Crippen LogP contribution >= 0.6 is 0 Å². The minimum Gasteiger partial charge on any atom is -0.508 e. The van der Waals surface area contributed by atoms with Gasteiger partial charge in [-0.2, -0.15) is 0 Å². The molecule has 8 nitrogen and oxygen atoms in total. The lowest BCUT2D eigenvalue weighted by Gasteiger charge is -2.13. The summed E-state index contributed by atoms with van der Waals surface area (Å²) in [4.78, 5) is 24.4. The highest BCUT2D eigenvalue weighted by atomic mass is 16.3. The maximum atomic E-state index is 12.2. The summed E-state index contributed by atoms with van der Waals surface area (Å²) in [5.41, 5.74) is 2.89. The zero-order chi connectivity index (χ0) is 20.8. The van der Waals surface area contributed by atoms with E-state index in [0.717, 1.165) is 5.56 Å². The maximum Gasteiger partial charge on any atom is 0.323 e. The first-order valence-electron chi connectivity index (χ1n) is 8.74. The van der Waals surface area contributed by atoms with E-state index in [0.29, 0.717) is 22.7 Å². The zero-order valence-electron chi connectivity index (χ0n) is 15.6. The molecular weight excluding hydrogens is 372 g/mol. The molecule has 0 fully saturated rings. The van der Waals surface area contributed by atoms with E-state index < -0.39 is 12.1 Å². The van der Waals surface area contributed by atoms with Gasteiger partial charge in [-0.15, -0.1) is 0 Å². The van der Waals surface area contributed by atoms with Crippen LogP contribution in [0.1, 0.15) is 5.56 Å². The largest absolute Gasteiger partial charge is 0.508 e. The van der Waals surface area contributed by atoms with Crippen molar-refractivity contribution in [3.05, 3.63) is 72.3 Å². The highest BCUT2D eigenvalue weighted by Gasteiger charge is 2.08. The Bertz CT molecular complexity index is 1020. The Hall–Kier alpha value is -4.20. The minimum atomic E-state index is -0.459. The van der Waals surface area contributed by atoms with Crippen LogP contribution in [0, 0.1) is 6.92 Å². The summed E-state index contributed by atoms with van der Waals surface area (Å²) >= 11 is 0. The Labute approximate surface area is 167 Å². The van der Waals surface area contributed by atoms with Crippen LogP contribution in [-0.4, -0.2) is 22.3 Å². The van der Waals surface area contributed by atoms with E-state index in [2.05, 4.69) is 21.3 Å². The van der Waals surface area contributed by atoms with Gasteiger partial charge in [-0.05, 0) is 73.2 Å². The number of aryl methyl sites for hydroxylation is 1. The van der Waals surface area contributed by atoms with Crippen molar-refractivity contribution in [3.63, 3.8) is 0 Å². The Balaban J connectivity index is 1.62. The number of phenolic OH excluding ortho intramolecular Hbond substituents is 2. The first-order valence-corrected chi connectivity index (χ1v) is 8.74. The quantitative estimate of drug-likeness (QED) is 0.360. The van der Waals surface area contributed by atoms with Crippen LogP contribution in [-0.2, 0) is 0 Å². The van der Waals surface area contributed by atoms with E-state index in [-0.39, 0.29) is 11.5 Å².